The molecule has 1 heterocycles. The number of halogens is 1. The summed E-state index contributed by atoms with van der Waals surface area (Å²) < 4.78 is 40.3. The quantitative estimate of drug-likeness (QED) is 0.242. The first kappa shape index (κ1) is 25.8. The van der Waals surface area contributed by atoms with E-state index < -0.39 is 13.4 Å². The van der Waals surface area contributed by atoms with Crippen molar-refractivity contribution in [3.8, 4) is 0 Å². The van der Waals surface area contributed by atoms with E-state index in [1.54, 1.807) is 57.2 Å². The van der Waals surface area contributed by atoms with Gasteiger partial charge in [-0.1, -0.05) is 30.3 Å². The van der Waals surface area contributed by atoms with Gasteiger partial charge in [0.15, 0.2) is 5.78 Å². The first-order valence-electron chi connectivity index (χ1n) is 11.7. The molecule has 1 aromatic heterocycles. The molecule has 0 aliphatic carbocycles. The molecule has 0 amide bonds. The van der Waals surface area contributed by atoms with E-state index >= 15 is 0 Å². The first-order valence-corrected chi connectivity index (χ1v) is 13.4. The molecule has 0 aliphatic heterocycles. The molecule has 7 nitrogen and oxygen atoms in total. The van der Waals surface area contributed by atoms with Gasteiger partial charge in [0.2, 0.25) is 0 Å². The smallest absolute Gasteiger partial charge is 0.345 e. The lowest BCUT2D eigenvalue weighted by atomic mass is 10.1. The minimum atomic E-state index is -3.81. The average molecular weight is 510 g/mol. The van der Waals surface area contributed by atoms with Gasteiger partial charge in [0, 0.05) is 18.4 Å². The molecule has 9 heteroatoms. The van der Waals surface area contributed by atoms with Crippen LogP contribution in [0.4, 0.5) is 15.8 Å². The molecular weight excluding hydrogens is 480 g/mol. The van der Waals surface area contributed by atoms with Gasteiger partial charge >= 0.3 is 7.60 Å². The van der Waals surface area contributed by atoms with Crippen LogP contribution in [-0.4, -0.2) is 29.8 Å². The SMILES string of the molecule is CCOP(=O)(OCC)C(c1ccccc1)n1c(C)nc2ccc(N(C)c3ccc(F)cc3)cc2c1=O. The third kappa shape index (κ3) is 4.98. The molecule has 3 aromatic carbocycles. The summed E-state index contributed by atoms with van der Waals surface area (Å²) in [5.41, 5.74) is 2.25. The number of hydrogen-bond acceptors (Lipinski definition) is 6. The second kappa shape index (κ2) is 10.7. The van der Waals surface area contributed by atoms with Crippen LogP contribution in [0.1, 0.15) is 31.0 Å². The van der Waals surface area contributed by atoms with Crippen LogP contribution in [0.3, 0.4) is 0 Å². The maximum absolute atomic E-state index is 14.1. The second-order valence-electron chi connectivity index (χ2n) is 8.23. The van der Waals surface area contributed by atoms with Crippen molar-refractivity contribution >= 4 is 29.9 Å². The van der Waals surface area contributed by atoms with Gasteiger partial charge < -0.3 is 13.9 Å². The van der Waals surface area contributed by atoms with Gasteiger partial charge in [0.05, 0.1) is 24.1 Å². The summed E-state index contributed by atoms with van der Waals surface area (Å²) in [5, 5.41) is 0.354. The molecule has 0 aliphatic rings. The Morgan fingerprint density at radius 1 is 0.972 bits per heavy atom. The first-order chi connectivity index (χ1) is 17.3. The Bertz CT molecular complexity index is 1450. The number of benzene rings is 3. The minimum absolute atomic E-state index is 0.155. The largest absolute Gasteiger partial charge is 0.357 e. The number of fused-ring (bicyclic) bond motifs is 1. The zero-order valence-electron chi connectivity index (χ0n) is 20.7. The van der Waals surface area contributed by atoms with Gasteiger partial charge in [0.1, 0.15) is 11.6 Å². The van der Waals surface area contributed by atoms with E-state index in [0.717, 1.165) is 11.4 Å². The second-order valence-corrected chi connectivity index (χ2v) is 10.3. The van der Waals surface area contributed by atoms with Crippen molar-refractivity contribution in [1.82, 2.24) is 9.55 Å². The molecule has 0 fully saturated rings. The fraction of sp³-hybridized carbons (Fsp3) is 0.259. The highest BCUT2D eigenvalue weighted by molar-refractivity contribution is 7.54. The Morgan fingerprint density at radius 2 is 1.58 bits per heavy atom. The highest BCUT2D eigenvalue weighted by atomic mass is 31.2. The Labute approximate surface area is 209 Å². The summed E-state index contributed by atoms with van der Waals surface area (Å²) in [7, 11) is -1.98. The van der Waals surface area contributed by atoms with E-state index in [0.29, 0.717) is 22.3 Å². The predicted octanol–water partition coefficient (Wildman–Crippen LogP) is 6.42. The summed E-state index contributed by atoms with van der Waals surface area (Å²) in [5.74, 6) is -0.949. The lowest BCUT2D eigenvalue weighted by molar-refractivity contribution is 0.207. The van der Waals surface area contributed by atoms with Crippen molar-refractivity contribution < 1.29 is 18.0 Å². The molecule has 0 saturated heterocycles. The van der Waals surface area contributed by atoms with Gasteiger partial charge in [-0.2, -0.15) is 0 Å². The van der Waals surface area contributed by atoms with Crippen LogP contribution >= 0.6 is 7.60 Å². The molecule has 188 valence electrons. The molecule has 0 bridgehead atoms. The highest BCUT2D eigenvalue weighted by Gasteiger charge is 2.40. The van der Waals surface area contributed by atoms with Gasteiger partial charge in [-0.25, -0.2) is 9.37 Å². The van der Waals surface area contributed by atoms with Crippen LogP contribution in [-0.2, 0) is 13.6 Å². The molecule has 36 heavy (non-hydrogen) atoms. The number of aryl methyl sites for hydroxylation is 1. The Morgan fingerprint density at radius 3 is 2.19 bits per heavy atom. The molecule has 0 spiro atoms. The topological polar surface area (TPSA) is 73.7 Å². The summed E-state index contributed by atoms with van der Waals surface area (Å²) in [4.78, 5) is 20.5. The van der Waals surface area contributed by atoms with E-state index in [9.17, 15) is 13.8 Å². The van der Waals surface area contributed by atoms with Crippen molar-refractivity contribution in [3.05, 3.63) is 100 Å². The number of aromatic nitrogens is 2. The molecule has 1 unspecified atom stereocenters. The molecule has 4 aromatic rings. The van der Waals surface area contributed by atoms with Crippen molar-refractivity contribution in [3.63, 3.8) is 0 Å². The molecule has 4 rings (SSSR count). The van der Waals surface area contributed by atoms with Crippen molar-refractivity contribution in [2.24, 2.45) is 0 Å². The monoisotopic (exact) mass is 509 g/mol. The normalized spacial score (nSPS) is 12.6. The molecule has 1 atom stereocenters. The number of rotatable bonds is 9. The standard InChI is InChI=1S/C27H29FN3O4P/c1-5-34-36(33,35-6-2)27(20-10-8-7-9-11-20)31-19(3)29-25-17-16-23(18-24(25)26(31)32)30(4)22-14-12-21(28)13-15-22/h7-18,27H,5-6H2,1-4H3. The van der Waals surface area contributed by atoms with E-state index in [-0.39, 0.29) is 24.6 Å². The third-order valence-corrected chi connectivity index (χ3v) is 8.29. The van der Waals surface area contributed by atoms with E-state index in [2.05, 4.69) is 4.98 Å². The van der Waals surface area contributed by atoms with Gasteiger partial charge in [-0.15, -0.1) is 0 Å². The maximum atomic E-state index is 14.1. The summed E-state index contributed by atoms with van der Waals surface area (Å²) in [6, 6.07) is 20.5. The minimum Gasteiger partial charge on any atom is -0.345 e. The average Bonchev–Trinajstić information content (AvgIpc) is 2.87. The number of nitrogens with zero attached hydrogens (tertiary/aromatic N) is 3. The molecule has 0 N–H and O–H groups in total. The lowest BCUT2D eigenvalue weighted by Crippen LogP contribution is -2.30. The Kier molecular flexibility index (Phi) is 7.69. The van der Waals surface area contributed by atoms with Crippen molar-refractivity contribution in [2.45, 2.75) is 26.6 Å². The summed E-state index contributed by atoms with van der Waals surface area (Å²) in [6.45, 7) is 5.49. The fourth-order valence-corrected chi connectivity index (χ4v) is 6.41. The fourth-order valence-electron chi connectivity index (χ4n) is 4.24. The van der Waals surface area contributed by atoms with Crippen LogP contribution in [0, 0.1) is 12.7 Å². The van der Waals surface area contributed by atoms with E-state index in [4.69, 9.17) is 9.05 Å². The molecular formula is C27H29FN3O4P. The third-order valence-electron chi connectivity index (χ3n) is 5.92. The molecule has 0 radical (unpaired) electrons. The van der Waals surface area contributed by atoms with Crippen LogP contribution < -0.4 is 10.5 Å². The predicted molar refractivity (Wildman–Crippen MR) is 141 cm³/mol. The Balaban J connectivity index is 1.93. The van der Waals surface area contributed by atoms with Crippen LogP contribution in [0.25, 0.3) is 10.9 Å². The van der Waals surface area contributed by atoms with Gasteiger partial charge in [0.25, 0.3) is 5.56 Å². The van der Waals surface area contributed by atoms with Crippen LogP contribution in [0.5, 0.6) is 0 Å². The van der Waals surface area contributed by atoms with Crippen molar-refractivity contribution in [1.29, 1.82) is 0 Å². The van der Waals surface area contributed by atoms with Crippen molar-refractivity contribution in [2.75, 3.05) is 25.2 Å². The van der Waals surface area contributed by atoms with E-state index in [1.807, 2.05) is 36.2 Å². The van der Waals surface area contributed by atoms with Gasteiger partial charge in [-0.05, 0) is 68.8 Å². The zero-order chi connectivity index (χ0) is 25.9. The van der Waals surface area contributed by atoms with Gasteiger partial charge in [-0.3, -0.25) is 13.9 Å². The Hall–Kier alpha value is -3.32. The highest BCUT2D eigenvalue weighted by Crippen LogP contribution is 2.61. The van der Waals surface area contributed by atoms with E-state index in [1.165, 1.54) is 16.7 Å². The zero-order valence-corrected chi connectivity index (χ0v) is 21.6. The molecule has 0 saturated carbocycles. The van der Waals surface area contributed by atoms with Crippen LogP contribution in [0.15, 0.2) is 77.6 Å². The summed E-state index contributed by atoms with van der Waals surface area (Å²) in [6.07, 6.45) is 0. The number of hydrogen-bond donors (Lipinski definition) is 0. The number of anilines is 2. The maximum Gasteiger partial charge on any atom is 0.357 e. The lowest BCUT2D eigenvalue weighted by Gasteiger charge is -2.29. The summed E-state index contributed by atoms with van der Waals surface area (Å²) >= 11 is 0. The van der Waals surface area contributed by atoms with Crippen LogP contribution in [0.2, 0.25) is 0 Å².